The van der Waals surface area contributed by atoms with Crippen molar-refractivity contribution in [1.82, 2.24) is 24.4 Å². The summed E-state index contributed by atoms with van der Waals surface area (Å²) in [6.45, 7) is 5.70. The number of carbonyl (C=O) groups excluding carboxylic acids is 1. The van der Waals surface area contributed by atoms with Crippen molar-refractivity contribution in [3.05, 3.63) is 67.3 Å². The lowest BCUT2D eigenvalue weighted by Crippen LogP contribution is -2.49. The molecule has 8 heteroatoms. The van der Waals surface area contributed by atoms with Crippen LogP contribution in [0.5, 0.6) is 5.75 Å². The molecule has 0 N–H and O–H groups in total. The number of rotatable bonds is 6. The van der Waals surface area contributed by atoms with Gasteiger partial charge in [0.2, 0.25) is 5.91 Å². The highest BCUT2D eigenvalue weighted by Gasteiger charge is 2.23. The van der Waals surface area contributed by atoms with E-state index in [9.17, 15) is 4.79 Å². The summed E-state index contributed by atoms with van der Waals surface area (Å²) in [5.41, 5.74) is 3.77. The third-order valence-electron chi connectivity index (χ3n) is 5.90. The highest BCUT2D eigenvalue weighted by molar-refractivity contribution is 5.80. The summed E-state index contributed by atoms with van der Waals surface area (Å²) in [5, 5.41) is 0. The fourth-order valence-corrected chi connectivity index (χ4v) is 4.13. The highest BCUT2D eigenvalue weighted by Crippen LogP contribution is 2.24. The van der Waals surface area contributed by atoms with Crippen LogP contribution in [0.2, 0.25) is 0 Å². The number of ether oxygens (including phenoxy) is 1. The van der Waals surface area contributed by atoms with Gasteiger partial charge in [-0.1, -0.05) is 12.1 Å². The molecule has 0 radical (unpaired) electrons. The molecule has 0 aliphatic carbocycles. The van der Waals surface area contributed by atoms with Crippen LogP contribution >= 0.6 is 0 Å². The van der Waals surface area contributed by atoms with E-state index in [0.29, 0.717) is 26.2 Å². The van der Waals surface area contributed by atoms with E-state index in [1.54, 1.807) is 12.7 Å². The number of anilines is 1. The number of aromatic nitrogens is 4. The molecular formula is C25H26N6O2. The van der Waals surface area contributed by atoms with E-state index < -0.39 is 0 Å². The van der Waals surface area contributed by atoms with Gasteiger partial charge in [0.05, 0.1) is 29.7 Å². The number of para-hydroxylation sites is 2. The summed E-state index contributed by atoms with van der Waals surface area (Å²) in [7, 11) is 0. The van der Waals surface area contributed by atoms with Gasteiger partial charge in [-0.3, -0.25) is 4.79 Å². The zero-order chi connectivity index (χ0) is 22.6. The molecule has 33 heavy (non-hydrogen) atoms. The Labute approximate surface area is 192 Å². The number of imidazole rings is 1. The number of hydrogen-bond acceptors (Lipinski definition) is 6. The first-order valence-corrected chi connectivity index (χ1v) is 11.2. The van der Waals surface area contributed by atoms with Gasteiger partial charge in [-0.15, -0.1) is 0 Å². The molecule has 0 spiro atoms. The molecule has 1 aliphatic heterocycles. The van der Waals surface area contributed by atoms with Crippen molar-refractivity contribution in [3.63, 3.8) is 0 Å². The van der Waals surface area contributed by atoms with Crippen LogP contribution in [-0.2, 0) is 11.3 Å². The van der Waals surface area contributed by atoms with Crippen molar-refractivity contribution in [2.75, 3.05) is 37.7 Å². The lowest BCUT2D eigenvalue weighted by molar-refractivity contribution is -0.132. The van der Waals surface area contributed by atoms with Gasteiger partial charge in [0.1, 0.15) is 24.4 Å². The maximum atomic E-state index is 12.9. The molecule has 0 bridgehead atoms. The van der Waals surface area contributed by atoms with Gasteiger partial charge >= 0.3 is 0 Å². The average molecular weight is 443 g/mol. The van der Waals surface area contributed by atoms with E-state index in [0.717, 1.165) is 46.9 Å². The molecule has 0 atom stereocenters. The van der Waals surface area contributed by atoms with Crippen LogP contribution < -0.4 is 9.64 Å². The second-order valence-corrected chi connectivity index (χ2v) is 7.95. The Morgan fingerprint density at radius 3 is 2.55 bits per heavy atom. The maximum Gasteiger partial charge on any atom is 0.242 e. The fourth-order valence-electron chi connectivity index (χ4n) is 4.13. The Morgan fingerprint density at radius 2 is 1.76 bits per heavy atom. The summed E-state index contributed by atoms with van der Waals surface area (Å²) in [6.07, 6.45) is 3.34. The molecule has 1 fully saturated rings. The number of piperazine rings is 1. The van der Waals surface area contributed by atoms with Crippen molar-refractivity contribution in [1.29, 1.82) is 0 Å². The number of benzene rings is 2. The van der Waals surface area contributed by atoms with Crippen molar-refractivity contribution >= 4 is 22.8 Å². The van der Waals surface area contributed by atoms with E-state index >= 15 is 0 Å². The Balaban J connectivity index is 1.22. The minimum atomic E-state index is 0.107. The summed E-state index contributed by atoms with van der Waals surface area (Å²) < 4.78 is 7.43. The molecule has 1 amide bonds. The van der Waals surface area contributed by atoms with Crippen LogP contribution in [0.15, 0.2) is 67.3 Å². The number of nitrogens with zero attached hydrogens (tertiary/aromatic N) is 6. The standard InChI is InChI=1S/C25H26N6O2/c1-2-33-20-9-7-19(8-10-20)22-15-24(27-17-26-22)29-11-13-30(14-12-29)25(32)16-31-18-28-21-5-3-4-6-23(21)31/h3-10,15,17-18H,2,11-14,16H2,1H3. The molecule has 1 saturated heterocycles. The smallest absolute Gasteiger partial charge is 0.242 e. The van der Waals surface area contributed by atoms with Gasteiger partial charge in [0, 0.05) is 37.8 Å². The molecule has 2 aromatic carbocycles. The minimum absolute atomic E-state index is 0.107. The van der Waals surface area contributed by atoms with E-state index in [1.165, 1.54) is 0 Å². The van der Waals surface area contributed by atoms with Gasteiger partial charge in [-0.25, -0.2) is 15.0 Å². The highest BCUT2D eigenvalue weighted by atomic mass is 16.5. The van der Waals surface area contributed by atoms with Crippen LogP contribution in [0.25, 0.3) is 22.3 Å². The molecule has 1 aliphatic rings. The van der Waals surface area contributed by atoms with Gasteiger partial charge in [0.15, 0.2) is 0 Å². The average Bonchev–Trinajstić information content (AvgIpc) is 3.28. The largest absolute Gasteiger partial charge is 0.494 e. The molecule has 8 nitrogen and oxygen atoms in total. The summed E-state index contributed by atoms with van der Waals surface area (Å²) in [5.74, 6) is 1.83. The zero-order valence-corrected chi connectivity index (χ0v) is 18.6. The molecule has 4 aromatic rings. The number of carbonyl (C=O) groups is 1. The molecule has 0 unspecified atom stereocenters. The SMILES string of the molecule is CCOc1ccc(-c2cc(N3CCN(C(=O)Cn4cnc5ccccc54)CC3)ncn2)cc1. The van der Waals surface area contributed by atoms with E-state index in [-0.39, 0.29) is 5.91 Å². The van der Waals surface area contributed by atoms with Crippen LogP contribution in [0, 0.1) is 0 Å². The summed E-state index contributed by atoms with van der Waals surface area (Å²) >= 11 is 0. The monoisotopic (exact) mass is 442 g/mol. The zero-order valence-electron chi connectivity index (χ0n) is 18.6. The van der Waals surface area contributed by atoms with E-state index in [2.05, 4.69) is 19.9 Å². The molecule has 168 valence electrons. The van der Waals surface area contributed by atoms with Crippen molar-refractivity contribution in [2.45, 2.75) is 13.5 Å². The molecular weight excluding hydrogens is 416 g/mol. The van der Waals surface area contributed by atoms with Crippen LogP contribution in [0.1, 0.15) is 6.92 Å². The van der Waals surface area contributed by atoms with Gasteiger partial charge in [0.25, 0.3) is 0 Å². The molecule has 5 rings (SSSR count). The molecule has 0 saturated carbocycles. The summed E-state index contributed by atoms with van der Waals surface area (Å²) in [6, 6.07) is 17.8. The lowest BCUT2D eigenvalue weighted by atomic mass is 10.1. The first kappa shape index (κ1) is 20.9. The fraction of sp³-hybridized carbons (Fsp3) is 0.280. The molecule has 2 aromatic heterocycles. The van der Waals surface area contributed by atoms with Crippen LogP contribution in [0.4, 0.5) is 5.82 Å². The molecule has 3 heterocycles. The second kappa shape index (κ2) is 9.28. The topological polar surface area (TPSA) is 76.4 Å². The minimum Gasteiger partial charge on any atom is -0.494 e. The number of fused-ring (bicyclic) bond motifs is 1. The van der Waals surface area contributed by atoms with Gasteiger partial charge in [-0.05, 0) is 43.3 Å². The van der Waals surface area contributed by atoms with E-state index in [1.807, 2.05) is 71.0 Å². The Kier molecular flexibility index (Phi) is 5.89. The second-order valence-electron chi connectivity index (χ2n) is 7.95. The number of amides is 1. The number of hydrogen-bond donors (Lipinski definition) is 0. The first-order chi connectivity index (χ1) is 16.2. The third kappa shape index (κ3) is 4.50. The summed E-state index contributed by atoms with van der Waals surface area (Å²) in [4.78, 5) is 30.3. The van der Waals surface area contributed by atoms with Gasteiger partial charge in [-0.2, -0.15) is 0 Å². The predicted molar refractivity (Wildman–Crippen MR) is 127 cm³/mol. The van der Waals surface area contributed by atoms with E-state index in [4.69, 9.17) is 4.74 Å². The quantitative estimate of drug-likeness (QED) is 0.456. The Bertz CT molecular complexity index is 1250. The van der Waals surface area contributed by atoms with Gasteiger partial charge < -0.3 is 19.1 Å². The maximum absolute atomic E-state index is 12.9. The lowest BCUT2D eigenvalue weighted by Gasteiger charge is -2.35. The first-order valence-electron chi connectivity index (χ1n) is 11.2. The Morgan fingerprint density at radius 1 is 0.970 bits per heavy atom. The van der Waals surface area contributed by atoms with Crippen LogP contribution in [0.3, 0.4) is 0 Å². The van der Waals surface area contributed by atoms with Crippen molar-refractivity contribution < 1.29 is 9.53 Å². The van der Waals surface area contributed by atoms with Crippen molar-refractivity contribution in [2.24, 2.45) is 0 Å². The predicted octanol–water partition coefficient (Wildman–Crippen LogP) is 3.24. The third-order valence-corrected chi connectivity index (χ3v) is 5.90. The Hall–Kier alpha value is -3.94. The van der Waals surface area contributed by atoms with Crippen molar-refractivity contribution in [3.8, 4) is 17.0 Å². The normalized spacial score (nSPS) is 14.0. The van der Waals surface area contributed by atoms with Crippen LogP contribution in [-0.4, -0.2) is 63.1 Å².